The van der Waals surface area contributed by atoms with Gasteiger partial charge in [0.2, 0.25) is 0 Å². The highest BCUT2D eigenvalue weighted by Gasteiger charge is 2.06. The second-order valence-electron chi connectivity index (χ2n) is 4.74. The fourth-order valence-corrected chi connectivity index (χ4v) is 2.16. The van der Waals surface area contributed by atoms with Crippen molar-refractivity contribution in [2.24, 2.45) is 0 Å². The molecular formula is C17H16N2. The molecule has 0 saturated heterocycles. The van der Waals surface area contributed by atoms with Crippen molar-refractivity contribution in [3.63, 3.8) is 0 Å². The summed E-state index contributed by atoms with van der Waals surface area (Å²) in [4.78, 5) is 7.89. The van der Waals surface area contributed by atoms with Gasteiger partial charge in [-0.2, -0.15) is 0 Å². The molecule has 0 aliphatic heterocycles. The van der Waals surface area contributed by atoms with Gasteiger partial charge in [-0.05, 0) is 31.0 Å². The van der Waals surface area contributed by atoms with Crippen LogP contribution in [0.2, 0.25) is 0 Å². The Hall–Kier alpha value is -2.35. The van der Waals surface area contributed by atoms with E-state index in [1.165, 1.54) is 11.1 Å². The number of hydrogen-bond acceptors (Lipinski definition) is 1. The van der Waals surface area contributed by atoms with Gasteiger partial charge in [-0.15, -0.1) is 0 Å². The van der Waals surface area contributed by atoms with Crippen LogP contribution in [0.15, 0.2) is 54.6 Å². The van der Waals surface area contributed by atoms with Crippen LogP contribution in [0.1, 0.15) is 11.4 Å². The van der Waals surface area contributed by atoms with E-state index in [0.29, 0.717) is 0 Å². The molecule has 19 heavy (non-hydrogen) atoms. The van der Waals surface area contributed by atoms with Gasteiger partial charge in [-0.3, -0.25) is 0 Å². The van der Waals surface area contributed by atoms with E-state index in [0.717, 1.165) is 22.8 Å². The summed E-state index contributed by atoms with van der Waals surface area (Å²) in [6.45, 7) is 4.07. The van der Waals surface area contributed by atoms with Crippen molar-refractivity contribution in [1.82, 2.24) is 9.97 Å². The van der Waals surface area contributed by atoms with Crippen LogP contribution in [-0.4, -0.2) is 9.97 Å². The first kappa shape index (κ1) is 11.7. The molecule has 2 heteroatoms. The first-order chi connectivity index (χ1) is 9.24. The number of hydrogen-bond donors (Lipinski definition) is 1. The van der Waals surface area contributed by atoms with E-state index >= 15 is 0 Å². The maximum Gasteiger partial charge on any atom is 0.137 e. The molecule has 1 aromatic heterocycles. The van der Waals surface area contributed by atoms with Crippen molar-refractivity contribution >= 4 is 0 Å². The highest BCUT2D eigenvalue weighted by Crippen LogP contribution is 2.25. The molecule has 2 nitrogen and oxygen atoms in total. The van der Waals surface area contributed by atoms with Gasteiger partial charge in [0.25, 0.3) is 0 Å². The first-order valence-corrected chi connectivity index (χ1v) is 6.43. The average Bonchev–Trinajstić information content (AvgIpc) is 2.80. The second kappa shape index (κ2) is 4.73. The van der Waals surface area contributed by atoms with Gasteiger partial charge in [0.15, 0.2) is 0 Å². The molecule has 0 aliphatic carbocycles. The van der Waals surface area contributed by atoms with Crippen LogP contribution in [0.5, 0.6) is 0 Å². The van der Waals surface area contributed by atoms with E-state index < -0.39 is 0 Å². The van der Waals surface area contributed by atoms with Crippen LogP contribution < -0.4 is 0 Å². The summed E-state index contributed by atoms with van der Waals surface area (Å²) in [5.41, 5.74) is 5.74. The summed E-state index contributed by atoms with van der Waals surface area (Å²) in [6.07, 6.45) is 0. The molecule has 0 spiro atoms. The fourth-order valence-electron chi connectivity index (χ4n) is 2.16. The molecule has 0 aliphatic rings. The molecule has 3 aromatic rings. The summed E-state index contributed by atoms with van der Waals surface area (Å²) < 4.78 is 0. The Kier molecular flexibility index (Phi) is 2.92. The number of aromatic amines is 1. The van der Waals surface area contributed by atoms with Gasteiger partial charge < -0.3 is 4.98 Å². The van der Waals surface area contributed by atoms with Crippen LogP contribution in [0.25, 0.3) is 22.5 Å². The summed E-state index contributed by atoms with van der Waals surface area (Å²) >= 11 is 0. The third-order valence-corrected chi connectivity index (χ3v) is 3.37. The molecular weight excluding hydrogens is 232 g/mol. The van der Waals surface area contributed by atoms with Crippen LogP contribution in [0.4, 0.5) is 0 Å². The zero-order valence-corrected chi connectivity index (χ0v) is 11.1. The van der Waals surface area contributed by atoms with Crippen molar-refractivity contribution in [2.45, 2.75) is 13.8 Å². The molecule has 1 N–H and O–H groups in total. The summed E-state index contributed by atoms with van der Waals surface area (Å²) in [6, 6.07) is 18.9. The third-order valence-electron chi connectivity index (χ3n) is 3.37. The fraction of sp³-hybridized carbons (Fsp3) is 0.118. The quantitative estimate of drug-likeness (QED) is 0.717. The van der Waals surface area contributed by atoms with Crippen molar-refractivity contribution in [1.29, 1.82) is 0 Å². The van der Waals surface area contributed by atoms with Crippen molar-refractivity contribution in [2.75, 3.05) is 0 Å². The standard InChI is InChI=1S/C17H16N2/c1-12-13(2)19-17(18-12)16-10-6-9-15(11-16)14-7-4-3-5-8-14/h3-11H,1-2H3,(H,18,19). The van der Waals surface area contributed by atoms with Crippen molar-refractivity contribution < 1.29 is 0 Å². The zero-order chi connectivity index (χ0) is 13.2. The van der Waals surface area contributed by atoms with Gasteiger partial charge in [0, 0.05) is 11.3 Å². The number of imidazole rings is 1. The lowest BCUT2D eigenvalue weighted by Gasteiger charge is -2.03. The molecule has 94 valence electrons. The normalized spacial score (nSPS) is 10.6. The maximum atomic E-state index is 4.56. The molecule has 0 atom stereocenters. The van der Waals surface area contributed by atoms with Crippen LogP contribution in [-0.2, 0) is 0 Å². The number of nitrogens with zero attached hydrogens (tertiary/aromatic N) is 1. The smallest absolute Gasteiger partial charge is 0.137 e. The van der Waals surface area contributed by atoms with Gasteiger partial charge in [0.1, 0.15) is 5.82 Å². The Morgan fingerprint density at radius 2 is 1.47 bits per heavy atom. The summed E-state index contributed by atoms with van der Waals surface area (Å²) in [5.74, 6) is 0.938. The van der Waals surface area contributed by atoms with Crippen LogP contribution in [0.3, 0.4) is 0 Å². The predicted octanol–water partition coefficient (Wildman–Crippen LogP) is 4.36. The van der Waals surface area contributed by atoms with Gasteiger partial charge >= 0.3 is 0 Å². The maximum absolute atomic E-state index is 4.56. The minimum absolute atomic E-state index is 0.938. The van der Waals surface area contributed by atoms with Gasteiger partial charge in [-0.1, -0.05) is 48.5 Å². The Morgan fingerprint density at radius 3 is 2.16 bits per heavy atom. The number of nitrogens with one attached hydrogen (secondary N) is 1. The largest absolute Gasteiger partial charge is 0.342 e. The van der Waals surface area contributed by atoms with Gasteiger partial charge in [0.05, 0.1) is 5.69 Å². The number of benzene rings is 2. The minimum atomic E-state index is 0.938. The SMILES string of the molecule is Cc1nc(-c2cccc(-c3ccccc3)c2)[nH]c1C. The summed E-state index contributed by atoms with van der Waals surface area (Å²) in [7, 11) is 0. The number of aryl methyl sites for hydroxylation is 2. The van der Waals surface area contributed by atoms with Crippen molar-refractivity contribution in [3.8, 4) is 22.5 Å². The van der Waals surface area contributed by atoms with Crippen LogP contribution in [0, 0.1) is 13.8 Å². The topological polar surface area (TPSA) is 28.7 Å². The monoisotopic (exact) mass is 248 g/mol. The highest BCUT2D eigenvalue weighted by molar-refractivity contribution is 5.70. The lowest BCUT2D eigenvalue weighted by molar-refractivity contribution is 1.22. The molecule has 0 fully saturated rings. The predicted molar refractivity (Wildman–Crippen MR) is 78.9 cm³/mol. The third kappa shape index (κ3) is 2.29. The number of rotatable bonds is 2. The molecule has 3 rings (SSSR count). The number of H-pyrrole nitrogens is 1. The van der Waals surface area contributed by atoms with Crippen LogP contribution >= 0.6 is 0 Å². The molecule has 0 unspecified atom stereocenters. The Bertz CT molecular complexity index is 677. The first-order valence-electron chi connectivity index (χ1n) is 6.43. The second-order valence-corrected chi connectivity index (χ2v) is 4.74. The highest BCUT2D eigenvalue weighted by atomic mass is 14.9. The van der Waals surface area contributed by atoms with E-state index in [-0.39, 0.29) is 0 Å². The van der Waals surface area contributed by atoms with Gasteiger partial charge in [-0.25, -0.2) is 4.98 Å². The average molecular weight is 248 g/mol. The van der Waals surface area contributed by atoms with E-state index in [1.54, 1.807) is 0 Å². The lowest BCUT2D eigenvalue weighted by Crippen LogP contribution is -1.83. The Balaban J connectivity index is 2.05. The van der Waals surface area contributed by atoms with E-state index in [4.69, 9.17) is 0 Å². The molecule has 0 radical (unpaired) electrons. The van der Waals surface area contributed by atoms with E-state index in [1.807, 2.05) is 19.9 Å². The summed E-state index contributed by atoms with van der Waals surface area (Å²) in [5, 5.41) is 0. The minimum Gasteiger partial charge on any atom is -0.342 e. The molecule has 0 amide bonds. The molecule has 2 aromatic carbocycles. The molecule has 1 heterocycles. The Labute approximate surface area is 113 Å². The van der Waals surface area contributed by atoms with E-state index in [9.17, 15) is 0 Å². The Morgan fingerprint density at radius 1 is 0.789 bits per heavy atom. The molecule has 0 bridgehead atoms. The molecule has 0 saturated carbocycles. The lowest BCUT2D eigenvalue weighted by atomic mass is 10.0. The van der Waals surface area contributed by atoms with Crippen molar-refractivity contribution in [3.05, 3.63) is 66.0 Å². The number of aromatic nitrogens is 2. The zero-order valence-electron chi connectivity index (χ0n) is 11.1. The van der Waals surface area contributed by atoms with E-state index in [2.05, 4.69) is 58.5 Å².